The molecule has 130 valence electrons. The van der Waals surface area contributed by atoms with Gasteiger partial charge in [0.1, 0.15) is 0 Å². The molecule has 0 heterocycles. The third-order valence-electron chi connectivity index (χ3n) is 4.39. The number of rotatable bonds is 5. The summed E-state index contributed by atoms with van der Waals surface area (Å²) >= 11 is 5.95. The van der Waals surface area contributed by atoms with Gasteiger partial charge in [-0.3, -0.25) is 4.79 Å². The Hall–Kier alpha value is -2.33. The molecule has 1 N–H and O–H groups in total. The van der Waals surface area contributed by atoms with E-state index in [2.05, 4.69) is 5.32 Å². The Labute approximate surface area is 152 Å². The maximum Gasteiger partial charge on any atom is 0.338 e. The van der Waals surface area contributed by atoms with Gasteiger partial charge in [-0.05, 0) is 67.1 Å². The highest BCUT2D eigenvalue weighted by Crippen LogP contribution is 2.23. The molecule has 0 radical (unpaired) electrons. The molecule has 2 aromatic carbocycles. The number of carbonyl (C=O) groups is 2. The van der Waals surface area contributed by atoms with Crippen LogP contribution in [0.25, 0.3) is 0 Å². The Morgan fingerprint density at radius 1 is 1.16 bits per heavy atom. The largest absolute Gasteiger partial charge is 0.452 e. The summed E-state index contributed by atoms with van der Waals surface area (Å²) < 4.78 is 5.13. The van der Waals surface area contributed by atoms with Crippen LogP contribution in [0.1, 0.15) is 46.4 Å². The standard InChI is InChI=1S/C20H20ClNO3/c1-13(15-5-3-7-18(21)11-15)22-19(23)12-25-20(24)17-9-8-14-4-2-6-16(14)10-17/h3,5,7-11,13H,2,4,6,12H2,1H3,(H,22,23)/t13-/m1/s1. The first-order valence-electron chi connectivity index (χ1n) is 8.36. The predicted octanol–water partition coefficient (Wildman–Crippen LogP) is 3.86. The maximum absolute atomic E-state index is 12.1. The van der Waals surface area contributed by atoms with Crippen LogP contribution in [0.5, 0.6) is 0 Å². The molecule has 1 aliphatic rings. The number of aryl methyl sites for hydroxylation is 2. The Balaban J connectivity index is 1.52. The van der Waals surface area contributed by atoms with Crippen LogP contribution >= 0.6 is 11.6 Å². The molecule has 1 atom stereocenters. The minimum absolute atomic E-state index is 0.218. The molecule has 1 aliphatic carbocycles. The Morgan fingerprint density at radius 3 is 2.76 bits per heavy atom. The molecule has 0 aliphatic heterocycles. The summed E-state index contributed by atoms with van der Waals surface area (Å²) in [6.07, 6.45) is 3.18. The van der Waals surface area contributed by atoms with Crippen molar-refractivity contribution in [2.24, 2.45) is 0 Å². The van der Waals surface area contributed by atoms with E-state index in [1.807, 2.05) is 31.2 Å². The third-order valence-corrected chi connectivity index (χ3v) is 4.63. The van der Waals surface area contributed by atoms with Crippen molar-refractivity contribution in [2.45, 2.75) is 32.2 Å². The first kappa shape index (κ1) is 17.5. The Bertz CT molecular complexity index is 803. The molecule has 0 spiro atoms. The molecular formula is C20H20ClNO3. The van der Waals surface area contributed by atoms with Crippen molar-refractivity contribution >= 4 is 23.5 Å². The topological polar surface area (TPSA) is 55.4 Å². The molecule has 25 heavy (non-hydrogen) atoms. The molecule has 0 bridgehead atoms. The van der Waals surface area contributed by atoms with Crippen LogP contribution in [-0.4, -0.2) is 18.5 Å². The normalized spacial score (nSPS) is 13.8. The highest BCUT2D eigenvalue weighted by molar-refractivity contribution is 6.30. The summed E-state index contributed by atoms with van der Waals surface area (Å²) in [6, 6.07) is 12.7. The number of amides is 1. The van der Waals surface area contributed by atoms with Crippen LogP contribution in [0.3, 0.4) is 0 Å². The zero-order valence-corrected chi connectivity index (χ0v) is 14.8. The summed E-state index contributed by atoms with van der Waals surface area (Å²) in [5.41, 5.74) is 3.89. The molecule has 1 amide bonds. The molecule has 2 aromatic rings. The minimum atomic E-state index is -0.472. The molecule has 5 heteroatoms. The summed E-state index contributed by atoms with van der Waals surface area (Å²) in [6.45, 7) is 1.55. The van der Waals surface area contributed by atoms with Crippen LogP contribution in [-0.2, 0) is 22.4 Å². The first-order valence-corrected chi connectivity index (χ1v) is 8.74. The van der Waals surface area contributed by atoms with E-state index in [0.717, 1.165) is 24.8 Å². The van der Waals surface area contributed by atoms with Crippen LogP contribution < -0.4 is 5.32 Å². The van der Waals surface area contributed by atoms with Gasteiger partial charge in [-0.2, -0.15) is 0 Å². The van der Waals surface area contributed by atoms with Gasteiger partial charge in [0.25, 0.3) is 5.91 Å². The smallest absolute Gasteiger partial charge is 0.338 e. The number of fused-ring (bicyclic) bond motifs is 1. The van der Waals surface area contributed by atoms with Gasteiger partial charge in [0.15, 0.2) is 6.61 Å². The van der Waals surface area contributed by atoms with Crippen molar-refractivity contribution in [3.05, 3.63) is 69.7 Å². The van der Waals surface area contributed by atoms with Gasteiger partial charge in [-0.25, -0.2) is 4.79 Å². The van der Waals surface area contributed by atoms with E-state index >= 15 is 0 Å². The molecule has 4 nitrogen and oxygen atoms in total. The average Bonchev–Trinajstić information content (AvgIpc) is 3.07. The van der Waals surface area contributed by atoms with Crippen molar-refractivity contribution in [3.8, 4) is 0 Å². The molecular weight excluding hydrogens is 338 g/mol. The average molecular weight is 358 g/mol. The van der Waals surface area contributed by atoms with Gasteiger partial charge < -0.3 is 10.1 Å². The lowest BCUT2D eigenvalue weighted by Gasteiger charge is -2.14. The SMILES string of the molecule is C[C@@H](NC(=O)COC(=O)c1ccc2c(c1)CCC2)c1cccc(Cl)c1. The van der Waals surface area contributed by atoms with Crippen molar-refractivity contribution in [2.75, 3.05) is 6.61 Å². The molecule has 0 fully saturated rings. The van der Waals surface area contributed by atoms with Gasteiger partial charge in [-0.15, -0.1) is 0 Å². The van der Waals surface area contributed by atoms with Gasteiger partial charge in [0.2, 0.25) is 0 Å². The van der Waals surface area contributed by atoms with Crippen molar-refractivity contribution in [1.82, 2.24) is 5.32 Å². The second-order valence-electron chi connectivity index (χ2n) is 6.26. The van der Waals surface area contributed by atoms with Crippen LogP contribution in [0.15, 0.2) is 42.5 Å². The van der Waals surface area contributed by atoms with E-state index in [4.69, 9.17) is 16.3 Å². The van der Waals surface area contributed by atoms with Gasteiger partial charge in [0, 0.05) is 5.02 Å². The minimum Gasteiger partial charge on any atom is -0.452 e. The van der Waals surface area contributed by atoms with Crippen molar-refractivity contribution in [3.63, 3.8) is 0 Å². The number of hydrogen-bond acceptors (Lipinski definition) is 3. The van der Waals surface area contributed by atoms with E-state index in [1.165, 1.54) is 11.1 Å². The number of benzene rings is 2. The van der Waals surface area contributed by atoms with Crippen LogP contribution in [0, 0.1) is 0 Å². The van der Waals surface area contributed by atoms with E-state index in [9.17, 15) is 9.59 Å². The van der Waals surface area contributed by atoms with Crippen molar-refractivity contribution < 1.29 is 14.3 Å². The Morgan fingerprint density at radius 2 is 1.96 bits per heavy atom. The van der Waals surface area contributed by atoms with E-state index < -0.39 is 5.97 Å². The van der Waals surface area contributed by atoms with Gasteiger partial charge in [-0.1, -0.05) is 29.8 Å². The van der Waals surface area contributed by atoms with Gasteiger partial charge >= 0.3 is 5.97 Å². The van der Waals surface area contributed by atoms with Crippen LogP contribution in [0.4, 0.5) is 0 Å². The quantitative estimate of drug-likeness (QED) is 0.826. The fourth-order valence-electron chi connectivity index (χ4n) is 3.06. The lowest BCUT2D eigenvalue weighted by molar-refractivity contribution is -0.124. The fourth-order valence-corrected chi connectivity index (χ4v) is 3.25. The third kappa shape index (κ3) is 4.40. The zero-order chi connectivity index (χ0) is 17.8. The highest BCUT2D eigenvalue weighted by Gasteiger charge is 2.16. The lowest BCUT2D eigenvalue weighted by Crippen LogP contribution is -2.31. The number of ether oxygens (including phenoxy) is 1. The second-order valence-corrected chi connectivity index (χ2v) is 6.69. The molecule has 0 saturated heterocycles. The summed E-state index contributed by atoms with van der Waals surface area (Å²) in [5.74, 6) is -0.817. The summed E-state index contributed by atoms with van der Waals surface area (Å²) in [7, 11) is 0. The molecule has 0 unspecified atom stereocenters. The van der Waals surface area contributed by atoms with Crippen molar-refractivity contribution in [1.29, 1.82) is 0 Å². The van der Waals surface area contributed by atoms with E-state index in [0.29, 0.717) is 10.6 Å². The summed E-state index contributed by atoms with van der Waals surface area (Å²) in [4.78, 5) is 24.1. The monoisotopic (exact) mass is 357 g/mol. The maximum atomic E-state index is 12.1. The first-order chi connectivity index (χ1) is 12.0. The number of carbonyl (C=O) groups excluding carboxylic acids is 2. The van der Waals surface area contributed by atoms with E-state index in [1.54, 1.807) is 18.2 Å². The number of hydrogen-bond donors (Lipinski definition) is 1. The zero-order valence-electron chi connectivity index (χ0n) is 14.0. The molecule has 3 rings (SSSR count). The fraction of sp³-hybridized carbons (Fsp3) is 0.300. The lowest BCUT2D eigenvalue weighted by atomic mass is 10.1. The van der Waals surface area contributed by atoms with E-state index in [-0.39, 0.29) is 18.6 Å². The van der Waals surface area contributed by atoms with Crippen LogP contribution in [0.2, 0.25) is 5.02 Å². The predicted molar refractivity (Wildman–Crippen MR) is 96.8 cm³/mol. The highest BCUT2D eigenvalue weighted by atomic mass is 35.5. The molecule has 0 saturated carbocycles. The summed E-state index contributed by atoms with van der Waals surface area (Å²) in [5, 5.41) is 3.41. The number of esters is 1. The number of halogens is 1. The number of nitrogens with one attached hydrogen (secondary N) is 1. The second kappa shape index (κ2) is 7.70. The Kier molecular flexibility index (Phi) is 5.39. The van der Waals surface area contributed by atoms with Gasteiger partial charge in [0.05, 0.1) is 11.6 Å². The molecule has 0 aromatic heterocycles.